The van der Waals surface area contributed by atoms with Crippen LogP contribution in [0, 0.1) is 5.82 Å². The highest BCUT2D eigenvalue weighted by Gasteiger charge is 2.16. The zero-order valence-electron chi connectivity index (χ0n) is 17.0. The van der Waals surface area contributed by atoms with E-state index in [4.69, 9.17) is 9.47 Å². The van der Waals surface area contributed by atoms with Gasteiger partial charge in [0.05, 0.1) is 0 Å². The lowest BCUT2D eigenvalue weighted by Crippen LogP contribution is -2.41. The molecule has 0 radical (unpaired) electrons. The quantitative estimate of drug-likeness (QED) is 0.527. The predicted octanol–water partition coefficient (Wildman–Crippen LogP) is 3.59. The molecule has 0 heterocycles. The second kappa shape index (κ2) is 11.3. The number of hydrogen-bond acceptors (Lipinski definition) is 5. The Kier molecular flexibility index (Phi) is 7.91. The zero-order valence-corrected chi connectivity index (χ0v) is 17.0. The van der Waals surface area contributed by atoms with E-state index in [2.05, 4.69) is 10.6 Å². The molecule has 32 heavy (non-hydrogen) atoms. The molecular formula is C24H21FN2O5. The first-order valence-corrected chi connectivity index (χ1v) is 9.76. The molecule has 164 valence electrons. The fraction of sp³-hybridized carbons (Fsp3) is 0.125. The van der Waals surface area contributed by atoms with Crippen molar-refractivity contribution in [3.63, 3.8) is 0 Å². The van der Waals surface area contributed by atoms with Crippen LogP contribution in [0.1, 0.15) is 21.5 Å². The Morgan fingerprint density at radius 3 is 2.25 bits per heavy atom. The molecule has 3 aromatic carbocycles. The lowest BCUT2D eigenvalue weighted by Gasteiger charge is -2.11. The third-order valence-corrected chi connectivity index (χ3v) is 4.30. The van der Waals surface area contributed by atoms with Crippen molar-refractivity contribution in [3.05, 3.63) is 101 Å². The predicted molar refractivity (Wildman–Crippen MR) is 114 cm³/mol. The van der Waals surface area contributed by atoms with Crippen LogP contribution in [0.15, 0.2) is 78.9 Å². The number of benzene rings is 3. The van der Waals surface area contributed by atoms with Gasteiger partial charge in [-0.15, -0.1) is 0 Å². The summed E-state index contributed by atoms with van der Waals surface area (Å²) in [7, 11) is 0. The van der Waals surface area contributed by atoms with Crippen LogP contribution in [0.25, 0.3) is 0 Å². The molecule has 0 aliphatic carbocycles. The van der Waals surface area contributed by atoms with E-state index in [1.807, 2.05) is 30.3 Å². The molecule has 0 unspecified atom stereocenters. The number of urea groups is 1. The summed E-state index contributed by atoms with van der Waals surface area (Å²) in [5, 5.41) is 4.63. The van der Waals surface area contributed by atoms with E-state index in [1.54, 1.807) is 30.3 Å². The van der Waals surface area contributed by atoms with Gasteiger partial charge in [0.1, 0.15) is 23.7 Å². The standard InChI is InChI=1S/C24H21FN2O5/c25-19-12-10-18(11-13-19)15-31-21-9-5-4-8-20(21)23(29)32-16-22(28)27-24(30)26-14-17-6-2-1-3-7-17/h1-13H,14-16H2,(H2,26,27,28,30). The Morgan fingerprint density at radius 2 is 1.50 bits per heavy atom. The Labute approximate surface area is 184 Å². The number of halogens is 1. The van der Waals surface area contributed by atoms with Gasteiger partial charge in [-0.25, -0.2) is 14.0 Å². The van der Waals surface area contributed by atoms with E-state index in [0.717, 1.165) is 11.1 Å². The van der Waals surface area contributed by atoms with Gasteiger partial charge in [-0.1, -0.05) is 54.6 Å². The van der Waals surface area contributed by atoms with Crippen LogP contribution in [0.5, 0.6) is 5.75 Å². The number of imide groups is 1. The maximum Gasteiger partial charge on any atom is 0.342 e. The summed E-state index contributed by atoms with van der Waals surface area (Å²) in [6.45, 7) is -0.269. The second-order valence-corrected chi connectivity index (χ2v) is 6.70. The molecule has 0 aliphatic heterocycles. The van der Waals surface area contributed by atoms with Gasteiger partial charge < -0.3 is 14.8 Å². The molecular weight excluding hydrogens is 415 g/mol. The molecule has 8 heteroatoms. The van der Waals surface area contributed by atoms with Crippen LogP contribution in [-0.2, 0) is 22.7 Å². The fourth-order valence-corrected chi connectivity index (χ4v) is 2.70. The smallest absolute Gasteiger partial charge is 0.342 e. The van der Waals surface area contributed by atoms with Crippen molar-refractivity contribution in [2.45, 2.75) is 13.2 Å². The van der Waals surface area contributed by atoms with Gasteiger partial charge in [0, 0.05) is 6.54 Å². The molecule has 0 bridgehead atoms. The number of nitrogens with one attached hydrogen (secondary N) is 2. The first-order chi connectivity index (χ1) is 15.5. The molecule has 2 N–H and O–H groups in total. The van der Waals surface area contributed by atoms with Crippen LogP contribution in [0.2, 0.25) is 0 Å². The van der Waals surface area contributed by atoms with Gasteiger partial charge in [-0.3, -0.25) is 10.1 Å². The van der Waals surface area contributed by atoms with Crippen molar-refractivity contribution in [2.75, 3.05) is 6.61 Å². The van der Waals surface area contributed by atoms with Gasteiger partial charge >= 0.3 is 12.0 Å². The van der Waals surface area contributed by atoms with Crippen LogP contribution in [0.4, 0.5) is 9.18 Å². The van der Waals surface area contributed by atoms with Gasteiger partial charge in [-0.05, 0) is 35.4 Å². The monoisotopic (exact) mass is 436 g/mol. The summed E-state index contributed by atoms with van der Waals surface area (Å²) in [6.07, 6.45) is 0. The summed E-state index contributed by atoms with van der Waals surface area (Å²) in [4.78, 5) is 36.1. The van der Waals surface area contributed by atoms with Crippen molar-refractivity contribution < 1.29 is 28.2 Å². The van der Waals surface area contributed by atoms with Gasteiger partial charge in [-0.2, -0.15) is 0 Å². The zero-order chi connectivity index (χ0) is 22.8. The number of esters is 1. The highest BCUT2D eigenvalue weighted by atomic mass is 19.1. The van der Waals surface area contributed by atoms with E-state index in [1.165, 1.54) is 18.2 Å². The van der Waals surface area contributed by atoms with E-state index >= 15 is 0 Å². The molecule has 7 nitrogen and oxygen atoms in total. The molecule has 3 aromatic rings. The van der Waals surface area contributed by atoms with Crippen molar-refractivity contribution in [3.8, 4) is 5.75 Å². The molecule has 0 aliphatic rings. The van der Waals surface area contributed by atoms with E-state index in [9.17, 15) is 18.8 Å². The average Bonchev–Trinajstić information content (AvgIpc) is 2.82. The minimum atomic E-state index is -0.778. The van der Waals surface area contributed by atoms with Gasteiger partial charge in [0.2, 0.25) is 0 Å². The van der Waals surface area contributed by atoms with Gasteiger partial charge in [0.25, 0.3) is 5.91 Å². The normalized spacial score (nSPS) is 10.2. The Bertz CT molecular complexity index is 1070. The molecule has 0 saturated carbocycles. The van der Waals surface area contributed by atoms with Crippen molar-refractivity contribution in [1.29, 1.82) is 0 Å². The summed E-state index contributed by atoms with van der Waals surface area (Å²) in [5.74, 6) is -1.65. The van der Waals surface area contributed by atoms with Crippen LogP contribution in [0.3, 0.4) is 0 Å². The SMILES string of the molecule is O=C(COC(=O)c1ccccc1OCc1ccc(F)cc1)NC(=O)NCc1ccccc1. The molecule has 0 fully saturated rings. The van der Waals surface area contributed by atoms with E-state index in [0.29, 0.717) is 0 Å². The number of para-hydroxylation sites is 1. The third-order valence-electron chi connectivity index (χ3n) is 4.30. The summed E-state index contributed by atoms with van der Waals surface area (Å²) in [5.41, 5.74) is 1.71. The maximum absolute atomic E-state index is 13.0. The number of rotatable bonds is 8. The summed E-state index contributed by atoms with van der Waals surface area (Å²) >= 11 is 0. The molecule has 0 atom stereocenters. The first-order valence-electron chi connectivity index (χ1n) is 9.76. The van der Waals surface area contributed by atoms with Crippen LogP contribution in [-0.4, -0.2) is 24.5 Å². The minimum Gasteiger partial charge on any atom is -0.488 e. The van der Waals surface area contributed by atoms with Gasteiger partial charge in [0.15, 0.2) is 6.61 Å². The van der Waals surface area contributed by atoms with Crippen molar-refractivity contribution in [1.82, 2.24) is 10.6 Å². The second-order valence-electron chi connectivity index (χ2n) is 6.70. The first kappa shape index (κ1) is 22.5. The lowest BCUT2D eigenvalue weighted by molar-refractivity contribution is -0.123. The Morgan fingerprint density at radius 1 is 0.812 bits per heavy atom. The summed E-state index contributed by atoms with van der Waals surface area (Å²) in [6, 6.07) is 20.6. The number of carbonyl (C=O) groups excluding carboxylic acids is 3. The number of hydrogen-bond donors (Lipinski definition) is 2. The maximum atomic E-state index is 13.0. The largest absolute Gasteiger partial charge is 0.488 e. The Balaban J connectivity index is 1.47. The summed E-state index contributed by atoms with van der Waals surface area (Å²) < 4.78 is 23.7. The molecule has 0 aromatic heterocycles. The lowest BCUT2D eigenvalue weighted by atomic mass is 10.2. The molecule has 3 amide bonds. The van der Waals surface area contributed by atoms with Crippen molar-refractivity contribution >= 4 is 17.9 Å². The fourth-order valence-electron chi connectivity index (χ4n) is 2.70. The average molecular weight is 436 g/mol. The molecule has 0 spiro atoms. The van der Waals surface area contributed by atoms with Crippen LogP contribution < -0.4 is 15.4 Å². The highest BCUT2D eigenvalue weighted by molar-refractivity contribution is 5.97. The molecule has 0 saturated heterocycles. The van der Waals surface area contributed by atoms with E-state index < -0.39 is 24.5 Å². The Hall–Kier alpha value is -4.20. The molecule has 3 rings (SSSR count). The topological polar surface area (TPSA) is 93.7 Å². The van der Waals surface area contributed by atoms with Crippen molar-refractivity contribution in [2.24, 2.45) is 0 Å². The van der Waals surface area contributed by atoms with Crippen LogP contribution >= 0.6 is 0 Å². The number of ether oxygens (including phenoxy) is 2. The van der Waals surface area contributed by atoms with E-state index in [-0.39, 0.29) is 30.3 Å². The number of carbonyl (C=O) groups is 3. The minimum absolute atomic E-state index is 0.118. The third kappa shape index (κ3) is 6.94. The number of amides is 3. The highest BCUT2D eigenvalue weighted by Crippen LogP contribution is 2.20.